The van der Waals surface area contributed by atoms with E-state index in [9.17, 15) is 0 Å². The Kier molecular flexibility index (Phi) is 2.88. The lowest BCUT2D eigenvalue weighted by Crippen LogP contribution is -2.21. The van der Waals surface area contributed by atoms with Crippen molar-refractivity contribution < 1.29 is 0 Å². The lowest BCUT2D eigenvalue weighted by atomic mass is 10.1. The van der Waals surface area contributed by atoms with Gasteiger partial charge in [-0.3, -0.25) is 5.10 Å². The average molecular weight is 300 g/mol. The van der Waals surface area contributed by atoms with Crippen molar-refractivity contribution in [1.82, 2.24) is 25.1 Å². The molecule has 108 valence electrons. The van der Waals surface area contributed by atoms with Gasteiger partial charge in [-0.05, 0) is 31.2 Å². The molecule has 3 aromatic heterocycles. The molecule has 4 heterocycles. The first-order valence-corrected chi connectivity index (χ1v) is 7.93. The van der Waals surface area contributed by atoms with E-state index in [0.29, 0.717) is 5.92 Å². The molecule has 1 saturated heterocycles. The number of aromatic amines is 1. The fraction of sp³-hybridized carbons (Fsp3) is 0.429. The number of nitrogens with one attached hydrogen (secondary N) is 1. The molecule has 0 bridgehead atoms. The summed E-state index contributed by atoms with van der Waals surface area (Å²) in [6.45, 7) is 5.96. The van der Waals surface area contributed by atoms with Gasteiger partial charge in [-0.15, -0.1) is 11.3 Å². The standard InChI is InChI=1S/C14H16N6S/c1-8-6-21-14-11(8)13(15-7-16-14)20-4-3-10(5-20)12-17-9(2)18-19-12/h6-7,10H,3-5H2,1-2H3,(H,17,18,19). The second-order valence-electron chi connectivity index (χ2n) is 5.51. The van der Waals surface area contributed by atoms with Gasteiger partial charge in [-0.2, -0.15) is 5.10 Å². The Morgan fingerprint density at radius 3 is 3.05 bits per heavy atom. The maximum atomic E-state index is 4.53. The molecule has 4 rings (SSSR count). The van der Waals surface area contributed by atoms with Crippen LogP contribution in [0.2, 0.25) is 0 Å². The minimum atomic E-state index is 0.374. The summed E-state index contributed by atoms with van der Waals surface area (Å²) in [6.07, 6.45) is 2.73. The Bertz CT molecular complexity index is 792. The van der Waals surface area contributed by atoms with E-state index in [1.165, 1.54) is 10.9 Å². The van der Waals surface area contributed by atoms with Crippen molar-refractivity contribution in [1.29, 1.82) is 0 Å². The lowest BCUT2D eigenvalue weighted by Gasteiger charge is -2.18. The van der Waals surface area contributed by atoms with Gasteiger partial charge in [-0.25, -0.2) is 15.0 Å². The molecule has 1 unspecified atom stereocenters. The molecule has 0 saturated carbocycles. The molecule has 0 amide bonds. The topological polar surface area (TPSA) is 70.6 Å². The molecule has 7 heteroatoms. The summed E-state index contributed by atoms with van der Waals surface area (Å²) < 4.78 is 0. The quantitative estimate of drug-likeness (QED) is 0.787. The van der Waals surface area contributed by atoms with E-state index in [1.54, 1.807) is 17.7 Å². The van der Waals surface area contributed by atoms with Crippen molar-refractivity contribution in [3.05, 3.63) is 28.9 Å². The molecule has 1 aliphatic rings. The Labute approximate surface area is 126 Å². The van der Waals surface area contributed by atoms with E-state index >= 15 is 0 Å². The van der Waals surface area contributed by atoms with Crippen molar-refractivity contribution in [2.24, 2.45) is 0 Å². The summed E-state index contributed by atoms with van der Waals surface area (Å²) in [6, 6.07) is 0. The number of rotatable bonds is 2. The summed E-state index contributed by atoms with van der Waals surface area (Å²) in [5.74, 6) is 3.22. The van der Waals surface area contributed by atoms with Crippen LogP contribution in [-0.4, -0.2) is 38.2 Å². The lowest BCUT2D eigenvalue weighted by molar-refractivity contribution is 0.713. The molecule has 0 radical (unpaired) electrons. The number of aryl methyl sites for hydroxylation is 2. The van der Waals surface area contributed by atoms with E-state index in [4.69, 9.17) is 0 Å². The highest BCUT2D eigenvalue weighted by Gasteiger charge is 2.29. The molecule has 0 aromatic carbocycles. The Morgan fingerprint density at radius 1 is 1.33 bits per heavy atom. The van der Waals surface area contributed by atoms with Crippen molar-refractivity contribution in [3.8, 4) is 0 Å². The fourth-order valence-corrected chi connectivity index (χ4v) is 3.83. The van der Waals surface area contributed by atoms with Crippen LogP contribution in [0.3, 0.4) is 0 Å². The summed E-state index contributed by atoms with van der Waals surface area (Å²) >= 11 is 1.68. The predicted molar refractivity (Wildman–Crippen MR) is 82.8 cm³/mol. The number of aromatic nitrogens is 5. The van der Waals surface area contributed by atoms with Crippen LogP contribution in [0.5, 0.6) is 0 Å². The molecule has 21 heavy (non-hydrogen) atoms. The fourth-order valence-electron chi connectivity index (χ4n) is 2.94. The number of nitrogens with zero attached hydrogens (tertiary/aromatic N) is 5. The van der Waals surface area contributed by atoms with E-state index < -0.39 is 0 Å². The monoisotopic (exact) mass is 300 g/mol. The second kappa shape index (κ2) is 4.77. The van der Waals surface area contributed by atoms with E-state index in [1.807, 2.05) is 6.92 Å². The first-order valence-electron chi connectivity index (χ1n) is 7.05. The summed E-state index contributed by atoms with van der Waals surface area (Å²) in [7, 11) is 0. The number of hydrogen-bond donors (Lipinski definition) is 1. The number of fused-ring (bicyclic) bond motifs is 1. The van der Waals surface area contributed by atoms with Gasteiger partial charge in [0.05, 0.1) is 5.39 Å². The van der Waals surface area contributed by atoms with Crippen LogP contribution in [0, 0.1) is 13.8 Å². The number of anilines is 1. The van der Waals surface area contributed by atoms with Gasteiger partial charge in [0.25, 0.3) is 0 Å². The number of H-pyrrole nitrogens is 1. The third kappa shape index (κ3) is 2.08. The van der Waals surface area contributed by atoms with Crippen LogP contribution in [0.15, 0.2) is 11.7 Å². The maximum Gasteiger partial charge on any atom is 0.155 e. The summed E-state index contributed by atoms with van der Waals surface area (Å²) in [5.41, 5.74) is 1.25. The van der Waals surface area contributed by atoms with Gasteiger partial charge in [0.1, 0.15) is 22.8 Å². The number of hydrogen-bond acceptors (Lipinski definition) is 6. The van der Waals surface area contributed by atoms with E-state index in [0.717, 1.165) is 41.8 Å². The molecule has 1 atom stereocenters. The van der Waals surface area contributed by atoms with Crippen LogP contribution < -0.4 is 4.90 Å². The summed E-state index contributed by atoms with van der Waals surface area (Å²) in [4.78, 5) is 16.8. The molecule has 1 fully saturated rings. The first kappa shape index (κ1) is 12.7. The highest BCUT2D eigenvalue weighted by atomic mass is 32.1. The van der Waals surface area contributed by atoms with Gasteiger partial charge < -0.3 is 4.90 Å². The Morgan fingerprint density at radius 2 is 2.24 bits per heavy atom. The van der Waals surface area contributed by atoms with Crippen molar-refractivity contribution >= 4 is 27.4 Å². The zero-order valence-electron chi connectivity index (χ0n) is 12.0. The Hall–Kier alpha value is -2.02. The largest absolute Gasteiger partial charge is 0.355 e. The van der Waals surface area contributed by atoms with Crippen LogP contribution in [-0.2, 0) is 0 Å². The van der Waals surface area contributed by atoms with Gasteiger partial charge in [-0.1, -0.05) is 0 Å². The van der Waals surface area contributed by atoms with Gasteiger partial charge in [0.2, 0.25) is 0 Å². The van der Waals surface area contributed by atoms with Crippen LogP contribution in [0.25, 0.3) is 10.2 Å². The molecule has 0 aliphatic carbocycles. The third-order valence-electron chi connectivity index (χ3n) is 4.00. The molecule has 6 nitrogen and oxygen atoms in total. The summed E-state index contributed by atoms with van der Waals surface area (Å²) in [5, 5.41) is 10.6. The Balaban J connectivity index is 1.66. The zero-order valence-corrected chi connectivity index (χ0v) is 12.8. The molecular weight excluding hydrogens is 284 g/mol. The smallest absolute Gasteiger partial charge is 0.155 e. The second-order valence-corrected chi connectivity index (χ2v) is 6.36. The van der Waals surface area contributed by atoms with Crippen LogP contribution in [0.4, 0.5) is 5.82 Å². The van der Waals surface area contributed by atoms with Crippen LogP contribution >= 0.6 is 11.3 Å². The SMILES string of the molecule is Cc1nc(C2CCN(c3ncnc4scc(C)c34)C2)n[nH]1. The molecule has 3 aromatic rings. The highest BCUT2D eigenvalue weighted by Crippen LogP contribution is 2.35. The van der Waals surface area contributed by atoms with E-state index in [-0.39, 0.29) is 0 Å². The molecule has 0 spiro atoms. The minimum absolute atomic E-state index is 0.374. The van der Waals surface area contributed by atoms with Gasteiger partial charge in [0, 0.05) is 19.0 Å². The highest BCUT2D eigenvalue weighted by molar-refractivity contribution is 7.17. The van der Waals surface area contributed by atoms with Crippen LogP contribution in [0.1, 0.15) is 29.6 Å². The van der Waals surface area contributed by atoms with Gasteiger partial charge >= 0.3 is 0 Å². The van der Waals surface area contributed by atoms with E-state index in [2.05, 4.69) is 42.4 Å². The molecule has 1 aliphatic heterocycles. The zero-order chi connectivity index (χ0) is 14.4. The van der Waals surface area contributed by atoms with Crippen molar-refractivity contribution in [2.75, 3.05) is 18.0 Å². The predicted octanol–water partition coefficient (Wildman–Crippen LogP) is 2.42. The van der Waals surface area contributed by atoms with Crippen molar-refractivity contribution in [3.63, 3.8) is 0 Å². The average Bonchev–Trinajstić information content (AvgIpc) is 3.19. The van der Waals surface area contributed by atoms with Gasteiger partial charge in [0.15, 0.2) is 5.82 Å². The molecule has 1 N–H and O–H groups in total. The first-order chi connectivity index (χ1) is 10.2. The minimum Gasteiger partial charge on any atom is -0.355 e. The normalized spacial score (nSPS) is 18.8. The third-order valence-corrected chi connectivity index (χ3v) is 5.01. The maximum absolute atomic E-state index is 4.53. The number of thiophene rings is 1. The van der Waals surface area contributed by atoms with Crippen molar-refractivity contribution in [2.45, 2.75) is 26.2 Å². The molecular formula is C14H16N6S.